The third-order valence-electron chi connectivity index (χ3n) is 4.24. The lowest BCUT2D eigenvalue weighted by Gasteiger charge is -2.48. The van der Waals surface area contributed by atoms with E-state index in [1.165, 1.54) is 0 Å². The normalized spacial score (nSPS) is 20.6. The zero-order chi connectivity index (χ0) is 16.5. The van der Waals surface area contributed by atoms with Gasteiger partial charge in [-0.05, 0) is 33.1 Å². The van der Waals surface area contributed by atoms with E-state index in [2.05, 4.69) is 31.7 Å². The van der Waals surface area contributed by atoms with Crippen molar-refractivity contribution in [1.29, 1.82) is 5.26 Å². The van der Waals surface area contributed by atoms with Crippen LogP contribution in [0.3, 0.4) is 0 Å². The number of carbonyl (C=O) groups excluding carboxylic acids is 1. The van der Waals surface area contributed by atoms with Crippen molar-refractivity contribution in [2.24, 2.45) is 5.41 Å². The van der Waals surface area contributed by atoms with Gasteiger partial charge in [-0.2, -0.15) is 5.26 Å². The van der Waals surface area contributed by atoms with Crippen LogP contribution in [-0.4, -0.2) is 53.2 Å². The largest absolute Gasteiger partial charge is 0.444 e. The van der Waals surface area contributed by atoms with Crippen LogP contribution in [0.1, 0.15) is 48.5 Å². The van der Waals surface area contributed by atoms with Crippen LogP contribution in [0, 0.1) is 16.7 Å². The fourth-order valence-corrected chi connectivity index (χ4v) is 2.38. The molecule has 1 aliphatic rings. The van der Waals surface area contributed by atoms with Crippen LogP contribution in [0.25, 0.3) is 0 Å². The molecule has 120 valence electrons. The van der Waals surface area contributed by atoms with Crippen molar-refractivity contribution in [3.8, 4) is 6.07 Å². The predicted octanol–water partition coefficient (Wildman–Crippen LogP) is 2.87. The number of rotatable bonds is 1. The smallest absolute Gasteiger partial charge is 0.410 e. The predicted molar refractivity (Wildman–Crippen MR) is 82.9 cm³/mol. The molecule has 1 unspecified atom stereocenters. The molecule has 0 N–H and O–H groups in total. The molecule has 1 fully saturated rings. The molecule has 0 radical (unpaired) electrons. The Bertz CT molecular complexity index is 420. The molecule has 1 rings (SSSR count). The molecule has 0 aromatic carbocycles. The molecule has 1 aliphatic heterocycles. The summed E-state index contributed by atoms with van der Waals surface area (Å²) in [6.07, 6.45) is -0.267. The molecule has 0 aromatic rings. The highest BCUT2D eigenvalue weighted by Crippen LogP contribution is 2.35. The van der Waals surface area contributed by atoms with E-state index in [4.69, 9.17) is 4.74 Å². The lowest BCUT2D eigenvalue weighted by molar-refractivity contribution is -0.0109. The first-order valence-electron chi connectivity index (χ1n) is 7.55. The molecule has 5 nitrogen and oxygen atoms in total. The number of nitriles is 1. The van der Waals surface area contributed by atoms with Gasteiger partial charge in [-0.3, -0.25) is 4.90 Å². The molecule has 0 spiro atoms. The van der Waals surface area contributed by atoms with E-state index in [1.807, 2.05) is 27.7 Å². The highest BCUT2D eigenvalue weighted by atomic mass is 16.6. The SMILES string of the molecule is CC(C)(C)OC(=O)N1CCN(C(C)(C#N)C(C)(C)C)CC1. The number of carbonyl (C=O) groups is 1. The Labute approximate surface area is 128 Å². The second kappa shape index (κ2) is 5.84. The molecule has 21 heavy (non-hydrogen) atoms. The number of piperazine rings is 1. The number of hydrogen-bond donors (Lipinski definition) is 0. The molecule has 0 saturated carbocycles. The maximum atomic E-state index is 12.1. The number of nitrogens with zero attached hydrogens (tertiary/aromatic N) is 3. The minimum absolute atomic E-state index is 0.143. The van der Waals surface area contributed by atoms with Crippen molar-refractivity contribution < 1.29 is 9.53 Å². The van der Waals surface area contributed by atoms with Crippen molar-refractivity contribution in [2.75, 3.05) is 26.2 Å². The summed E-state index contributed by atoms with van der Waals surface area (Å²) in [6.45, 7) is 16.4. The summed E-state index contributed by atoms with van der Waals surface area (Å²) < 4.78 is 5.40. The third kappa shape index (κ3) is 4.10. The Hall–Kier alpha value is -1.28. The molecule has 0 aliphatic carbocycles. The molecule has 0 aromatic heterocycles. The Morgan fingerprint density at radius 1 is 1.00 bits per heavy atom. The highest BCUT2D eigenvalue weighted by Gasteiger charge is 2.44. The van der Waals surface area contributed by atoms with Crippen molar-refractivity contribution >= 4 is 6.09 Å². The van der Waals surface area contributed by atoms with E-state index in [9.17, 15) is 10.1 Å². The summed E-state index contributed by atoms with van der Waals surface area (Å²) in [5, 5.41) is 9.60. The Kier molecular flexibility index (Phi) is 4.94. The lowest BCUT2D eigenvalue weighted by Crippen LogP contribution is -2.61. The minimum atomic E-state index is -0.535. The van der Waals surface area contributed by atoms with Crippen LogP contribution < -0.4 is 0 Å². The van der Waals surface area contributed by atoms with E-state index in [0.717, 1.165) is 0 Å². The van der Waals surface area contributed by atoms with Crippen molar-refractivity contribution in [3.05, 3.63) is 0 Å². The quantitative estimate of drug-likeness (QED) is 0.746. The average Bonchev–Trinajstić information content (AvgIpc) is 2.34. The summed E-state index contributed by atoms with van der Waals surface area (Å²) in [5.41, 5.74) is -1.15. The highest BCUT2D eigenvalue weighted by molar-refractivity contribution is 5.68. The summed E-state index contributed by atoms with van der Waals surface area (Å²) >= 11 is 0. The third-order valence-corrected chi connectivity index (χ3v) is 4.24. The van der Waals surface area contributed by atoms with Gasteiger partial charge in [0.25, 0.3) is 0 Å². The van der Waals surface area contributed by atoms with Gasteiger partial charge >= 0.3 is 6.09 Å². The van der Waals surface area contributed by atoms with Crippen LogP contribution in [0.2, 0.25) is 0 Å². The molecular weight excluding hydrogens is 266 g/mol. The average molecular weight is 295 g/mol. The Balaban J connectivity index is 2.68. The molecule has 5 heteroatoms. The summed E-state index contributed by atoms with van der Waals surface area (Å²) in [6, 6.07) is 2.46. The molecule has 0 bridgehead atoms. The fourth-order valence-electron chi connectivity index (χ4n) is 2.38. The summed E-state index contributed by atoms with van der Waals surface area (Å²) in [5.74, 6) is 0. The number of ether oxygens (including phenoxy) is 1. The van der Waals surface area contributed by atoms with E-state index in [1.54, 1.807) is 4.90 Å². The van der Waals surface area contributed by atoms with Gasteiger partial charge in [0, 0.05) is 26.2 Å². The zero-order valence-corrected chi connectivity index (χ0v) is 14.5. The van der Waals surface area contributed by atoms with E-state index in [0.29, 0.717) is 26.2 Å². The van der Waals surface area contributed by atoms with Crippen LogP contribution in [0.5, 0.6) is 0 Å². The maximum Gasteiger partial charge on any atom is 0.410 e. The van der Waals surface area contributed by atoms with Crippen LogP contribution in [0.15, 0.2) is 0 Å². The van der Waals surface area contributed by atoms with Crippen LogP contribution in [-0.2, 0) is 4.74 Å². The van der Waals surface area contributed by atoms with Gasteiger partial charge in [0.2, 0.25) is 0 Å². The molecule has 1 amide bonds. The molecule has 1 saturated heterocycles. The van der Waals surface area contributed by atoms with E-state index in [-0.39, 0.29) is 11.5 Å². The van der Waals surface area contributed by atoms with Gasteiger partial charge in [-0.25, -0.2) is 4.79 Å². The van der Waals surface area contributed by atoms with Crippen molar-refractivity contribution in [1.82, 2.24) is 9.80 Å². The Morgan fingerprint density at radius 2 is 1.48 bits per heavy atom. The second-order valence-electron chi connectivity index (χ2n) is 7.89. The van der Waals surface area contributed by atoms with E-state index < -0.39 is 11.1 Å². The van der Waals surface area contributed by atoms with Gasteiger partial charge in [0.05, 0.1) is 6.07 Å². The van der Waals surface area contributed by atoms with Gasteiger partial charge < -0.3 is 9.64 Å². The number of amides is 1. The van der Waals surface area contributed by atoms with Crippen LogP contribution >= 0.6 is 0 Å². The summed E-state index contributed by atoms with van der Waals surface area (Å²) in [7, 11) is 0. The Morgan fingerprint density at radius 3 is 1.81 bits per heavy atom. The molecule has 1 heterocycles. The maximum absolute atomic E-state index is 12.1. The first-order valence-corrected chi connectivity index (χ1v) is 7.55. The topological polar surface area (TPSA) is 56.6 Å². The first-order chi connectivity index (χ1) is 9.40. The lowest BCUT2D eigenvalue weighted by atomic mass is 9.74. The zero-order valence-electron chi connectivity index (χ0n) is 14.5. The standard InChI is InChI=1S/C16H29N3O2/c1-14(2,3)16(7,12-17)19-10-8-18(9-11-19)13(20)21-15(4,5)6/h8-11H2,1-7H3. The van der Waals surface area contributed by atoms with Crippen molar-refractivity contribution in [2.45, 2.75) is 59.6 Å². The van der Waals surface area contributed by atoms with Crippen LogP contribution in [0.4, 0.5) is 4.79 Å². The second-order valence-corrected chi connectivity index (χ2v) is 7.89. The van der Waals surface area contributed by atoms with Gasteiger partial charge in [0.15, 0.2) is 0 Å². The number of hydrogen-bond acceptors (Lipinski definition) is 4. The van der Waals surface area contributed by atoms with Crippen molar-refractivity contribution in [3.63, 3.8) is 0 Å². The van der Waals surface area contributed by atoms with E-state index >= 15 is 0 Å². The first kappa shape index (κ1) is 17.8. The molecular formula is C16H29N3O2. The monoisotopic (exact) mass is 295 g/mol. The summed E-state index contributed by atoms with van der Waals surface area (Å²) in [4.78, 5) is 16.0. The minimum Gasteiger partial charge on any atom is -0.444 e. The fraction of sp³-hybridized carbons (Fsp3) is 0.875. The van der Waals surface area contributed by atoms with Gasteiger partial charge in [0.1, 0.15) is 11.1 Å². The van der Waals surface area contributed by atoms with Gasteiger partial charge in [-0.1, -0.05) is 20.8 Å². The van der Waals surface area contributed by atoms with Gasteiger partial charge in [-0.15, -0.1) is 0 Å². The molecule has 1 atom stereocenters.